The Morgan fingerprint density at radius 1 is 0.842 bits per heavy atom. The Kier molecular flexibility index (Phi) is 3.19. The Labute approximate surface area is 111 Å². The summed E-state index contributed by atoms with van der Waals surface area (Å²) in [5, 5.41) is 5.32. The van der Waals surface area contributed by atoms with E-state index in [1.54, 1.807) is 6.21 Å². The van der Waals surface area contributed by atoms with Gasteiger partial charge in [0.15, 0.2) is 0 Å². The molecule has 0 aliphatic carbocycles. The van der Waals surface area contributed by atoms with Crippen molar-refractivity contribution < 1.29 is 0 Å². The Balaban J connectivity index is 1.78. The van der Waals surface area contributed by atoms with E-state index >= 15 is 0 Å². The summed E-state index contributed by atoms with van der Waals surface area (Å²) >= 11 is 0. The van der Waals surface area contributed by atoms with E-state index in [0.717, 1.165) is 22.3 Å². The number of anilines is 1. The highest BCUT2D eigenvalue weighted by atomic mass is 15.3. The first kappa shape index (κ1) is 11.4. The third kappa shape index (κ3) is 2.77. The molecule has 0 unspecified atom stereocenters. The molecule has 3 rings (SSSR count). The van der Waals surface area contributed by atoms with Crippen LogP contribution in [0.3, 0.4) is 0 Å². The molecule has 92 valence electrons. The van der Waals surface area contributed by atoms with Gasteiger partial charge in [0, 0.05) is 5.39 Å². The first-order valence-corrected chi connectivity index (χ1v) is 6.12. The highest BCUT2D eigenvalue weighted by Gasteiger charge is 1.94. The SMILES string of the molecule is C(=NNc1ccccc1)c1ccc2ccccc2n1. The smallest absolute Gasteiger partial charge is 0.0838 e. The van der Waals surface area contributed by atoms with Crippen molar-refractivity contribution in [1.29, 1.82) is 0 Å². The van der Waals surface area contributed by atoms with E-state index in [2.05, 4.69) is 15.5 Å². The van der Waals surface area contributed by atoms with E-state index in [1.165, 1.54) is 0 Å². The number of pyridine rings is 1. The van der Waals surface area contributed by atoms with E-state index in [-0.39, 0.29) is 0 Å². The van der Waals surface area contributed by atoms with Crippen molar-refractivity contribution in [3.8, 4) is 0 Å². The quantitative estimate of drug-likeness (QED) is 0.566. The molecule has 0 atom stereocenters. The summed E-state index contributed by atoms with van der Waals surface area (Å²) in [6.45, 7) is 0. The molecule has 2 aromatic carbocycles. The Hall–Kier alpha value is -2.68. The summed E-state index contributed by atoms with van der Waals surface area (Å²) in [6.07, 6.45) is 1.72. The van der Waals surface area contributed by atoms with Crippen LogP contribution < -0.4 is 5.43 Å². The fourth-order valence-electron chi connectivity index (χ4n) is 1.84. The molecule has 0 fully saturated rings. The Bertz CT molecular complexity index is 705. The van der Waals surface area contributed by atoms with Crippen molar-refractivity contribution >= 4 is 22.8 Å². The highest BCUT2D eigenvalue weighted by Crippen LogP contribution is 2.11. The maximum Gasteiger partial charge on any atom is 0.0838 e. The molecule has 1 heterocycles. The van der Waals surface area contributed by atoms with Crippen LogP contribution in [0.2, 0.25) is 0 Å². The van der Waals surface area contributed by atoms with Crippen LogP contribution in [0.4, 0.5) is 5.69 Å². The minimum Gasteiger partial charge on any atom is -0.278 e. The summed E-state index contributed by atoms with van der Waals surface area (Å²) in [7, 11) is 0. The average molecular weight is 247 g/mol. The lowest BCUT2D eigenvalue weighted by atomic mass is 10.2. The minimum atomic E-state index is 0.835. The number of hydrogen-bond donors (Lipinski definition) is 1. The topological polar surface area (TPSA) is 37.3 Å². The summed E-state index contributed by atoms with van der Waals surface area (Å²) < 4.78 is 0. The molecule has 1 N–H and O–H groups in total. The van der Waals surface area contributed by atoms with Gasteiger partial charge in [0.2, 0.25) is 0 Å². The van der Waals surface area contributed by atoms with E-state index in [0.29, 0.717) is 0 Å². The molecular formula is C16H13N3. The maximum absolute atomic E-state index is 4.52. The first-order chi connectivity index (χ1) is 9.42. The number of hydrazone groups is 1. The molecule has 0 radical (unpaired) electrons. The predicted octanol–water partition coefficient (Wildman–Crippen LogP) is 3.68. The van der Waals surface area contributed by atoms with Crippen LogP contribution in [0.15, 0.2) is 71.8 Å². The molecule has 1 aromatic heterocycles. The number of fused-ring (bicyclic) bond motifs is 1. The van der Waals surface area contributed by atoms with Crippen molar-refractivity contribution in [3.63, 3.8) is 0 Å². The van der Waals surface area contributed by atoms with Crippen molar-refractivity contribution in [2.45, 2.75) is 0 Å². The lowest BCUT2D eigenvalue weighted by Gasteiger charge is -1.99. The van der Waals surface area contributed by atoms with Gasteiger partial charge < -0.3 is 0 Å². The third-order valence-corrected chi connectivity index (χ3v) is 2.78. The summed E-state index contributed by atoms with van der Waals surface area (Å²) in [5.41, 5.74) is 5.74. The zero-order valence-corrected chi connectivity index (χ0v) is 10.3. The summed E-state index contributed by atoms with van der Waals surface area (Å²) in [6, 6.07) is 21.9. The van der Waals surface area contributed by atoms with E-state index in [9.17, 15) is 0 Å². The van der Waals surface area contributed by atoms with Crippen LogP contribution in [-0.4, -0.2) is 11.2 Å². The third-order valence-electron chi connectivity index (χ3n) is 2.78. The van der Waals surface area contributed by atoms with Gasteiger partial charge in [0.1, 0.15) is 0 Å². The Morgan fingerprint density at radius 2 is 1.63 bits per heavy atom. The van der Waals surface area contributed by atoms with Gasteiger partial charge in [-0.15, -0.1) is 0 Å². The number of hydrogen-bond acceptors (Lipinski definition) is 3. The number of nitrogens with zero attached hydrogens (tertiary/aromatic N) is 2. The molecular weight excluding hydrogens is 234 g/mol. The van der Waals surface area contributed by atoms with Crippen molar-refractivity contribution in [2.24, 2.45) is 5.10 Å². The van der Waals surface area contributed by atoms with Crippen LogP contribution in [0.1, 0.15) is 5.69 Å². The molecule has 0 amide bonds. The number of para-hydroxylation sites is 2. The standard InChI is InChI=1S/C16H13N3/c1-2-7-14(8-3-1)19-17-12-15-11-10-13-6-4-5-9-16(13)18-15/h1-12,19H. The Morgan fingerprint density at radius 3 is 2.53 bits per heavy atom. The summed E-state index contributed by atoms with van der Waals surface area (Å²) in [5.74, 6) is 0. The van der Waals surface area contributed by atoms with Crippen LogP contribution in [-0.2, 0) is 0 Å². The molecule has 19 heavy (non-hydrogen) atoms. The van der Waals surface area contributed by atoms with Gasteiger partial charge in [0.05, 0.1) is 23.1 Å². The molecule has 0 saturated heterocycles. The van der Waals surface area contributed by atoms with Crippen molar-refractivity contribution in [2.75, 3.05) is 5.43 Å². The van der Waals surface area contributed by atoms with Gasteiger partial charge in [-0.3, -0.25) is 5.43 Å². The fourth-order valence-corrected chi connectivity index (χ4v) is 1.84. The van der Waals surface area contributed by atoms with Gasteiger partial charge in [-0.05, 0) is 24.3 Å². The zero-order chi connectivity index (χ0) is 12.9. The second-order valence-electron chi connectivity index (χ2n) is 4.16. The number of benzene rings is 2. The molecule has 3 heteroatoms. The number of aromatic nitrogens is 1. The van der Waals surface area contributed by atoms with Gasteiger partial charge in [-0.25, -0.2) is 4.98 Å². The lowest BCUT2D eigenvalue weighted by Crippen LogP contribution is -1.92. The molecule has 0 aliphatic rings. The van der Waals surface area contributed by atoms with E-state index in [1.807, 2.05) is 66.7 Å². The van der Waals surface area contributed by atoms with Crippen molar-refractivity contribution in [3.05, 3.63) is 72.4 Å². The molecule has 0 spiro atoms. The molecule has 0 bridgehead atoms. The monoisotopic (exact) mass is 247 g/mol. The van der Waals surface area contributed by atoms with Crippen molar-refractivity contribution in [1.82, 2.24) is 4.98 Å². The molecule has 3 aromatic rings. The zero-order valence-electron chi connectivity index (χ0n) is 10.3. The number of rotatable bonds is 3. The number of nitrogens with one attached hydrogen (secondary N) is 1. The van der Waals surface area contributed by atoms with Crippen LogP contribution in [0.25, 0.3) is 10.9 Å². The average Bonchev–Trinajstić information content (AvgIpc) is 2.48. The van der Waals surface area contributed by atoms with E-state index in [4.69, 9.17) is 0 Å². The minimum absolute atomic E-state index is 0.835. The van der Waals surface area contributed by atoms with Gasteiger partial charge >= 0.3 is 0 Å². The van der Waals surface area contributed by atoms with Gasteiger partial charge in [0.25, 0.3) is 0 Å². The van der Waals surface area contributed by atoms with Crippen LogP contribution in [0, 0.1) is 0 Å². The van der Waals surface area contributed by atoms with Crippen LogP contribution >= 0.6 is 0 Å². The maximum atomic E-state index is 4.52. The largest absolute Gasteiger partial charge is 0.278 e. The first-order valence-electron chi connectivity index (χ1n) is 6.12. The predicted molar refractivity (Wildman–Crippen MR) is 79.4 cm³/mol. The van der Waals surface area contributed by atoms with E-state index < -0.39 is 0 Å². The molecule has 0 saturated carbocycles. The fraction of sp³-hybridized carbons (Fsp3) is 0. The molecule has 0 aliphatic heterocycles. The lowest BCUT2D eigenvalue weighted by molar-refractivity contribution is 1.32. The normalized spacial score (nSPS) is 10.9. The molecule has 3 nitrogen and oxygen atoms in total. The highest BCUT2D eigenvalue weighted by molar-refractivity contribution is 5.85. The second-order valence-corrected chi connectivity index (χ2v) is 4.16. The van der Waals surface area contributed by atoms with Gasteiger partial charge in [-0.1, -0.05) is 42.5 Å². The van der Waals surface area contributed by atoms with Gasteiger partial charge in [-0.2, -0.15) is 5.10 Å². The second kappa shape index (κ2) is 5.31. The van der Waals surface area contributed by atoms with Crippen LogP contribution in [0.5, 0.6) is 0 Å². The summed E-state index contributed by atoms with van der Waals surface area (Å²) in [4.78, 5) is 4.52.